The Morgan fingerprint density at radius 3 is 2.43 bits per heavy atom. The van der Waals surface area contributed by atoms with E-state index in [0.29, 0.717) is 0 Å². The van der Waals surface area contributed by atoms with Crippen molar-refractivity contribution >= 4 is 22.8 Å². The lowest BCUT2D eigenvalue weighted by Gasteiger charge is -2.45. The number of halogens is 4. The van der Waals surface area contributed by atoms with Crippen LogP contribution in [0.4, 0.5) is 23.4 Å². The van der Waals surface area contributed by atoms with E-state index in [9.17, 15) is 22.8 Å². The third-order valence-corrected chi connectivity index (χ3v) is 8.05. The second-order valence-corrected chi connectivity index (χ2v) is 11.0. The summed E-state index contributed by atoms with van der Waals surface area (Å²) in [6, 6.07) is 2.30. The van der Waals surface area contributed by atoms with Crippen LogP contribution in [0.5, 0.6) is 11.8 Å². The smallest absolute Gasteiger partial charge is 0.450 e. The first-order valence-electron chi connectivity index (χ1n) is 14.1. The number of amides is 1. The fourth-order valence-electron chi connectivity index (χ4n) is 5.96. The van der Waals surface area contributed by atoms with Crippen molar-refractivity contribution in [2.24, 2.45) is 0 Å². The summed E-state index contributed by atoms with van der Waals surface area (Å²) >= 11 is 0. The number of carbonyl (C=O) groups excluding carboxylic acids is 1. The number of carbonyl (C=O) groups is 1. The molecule has 2 aliphatic rings. The van der Waals surface area contributed by atoms with Crippen LogP contribution in [0.1, 0.15) is 32.5 Å². The number of alkyl halides is 3. The standard InChI is InChI=1S/C29H33F4N7O4/c1-6-21(41)38-13-16(2)39(17(3)14-38)25-22-23(35-28(36-25)44-15-18-9-8-12-37(18)4)26(42)40(27(34-22)29(31,32)33)24-19(30)10-7-11-20(24)43-5/h6-7,10-11,16-18H,1,8-9,12-15H2,2-5H3/t16-,17-,18-/m0/s1. The molecule has 236 valence electrons. The topological polar surface area (TPSA) is 106 Å². The van der Waals surface area contributed by atoms with Gasteiger partial charge in [-0.25, -0.2) is 13.9 Å². The van der Waals surface area contributed by atoms with Gasteiger partial charge in [0.2, 0.25) is 11.7 Å². The Balaban J connectivity index is 1.76. The van der Waals surface area contributed by atoms with Gasteiger partial charge in [0.15, 0.2) is 17.2 Å². The van der Waals surface area contributed by atoms with Crippen LogP contribution >= 0.6 is 0 Å². The molecule has 15 heteroatoms. The molecule has 0 spiro atoms. The van der Waals surface area contributed by atoms with Crippen LogP contribution in [0.3, 0.4) is 0 Å². The van der Waals surface area contributed by atoms with E-state index in [4.69, 9.17) is 9.47 Å². The third-order valence-electron chi connectivity index (χ3n) is 8.05. The zero-order chi connectivity index (χ0) is 31.9. The number of anilines is 1. The summed E-state index contributed by atoms with van der Waals surface area (Å²) in [4.78, 5) is 44.4. The molecule has 44 heavy (non-hydrogen) atoms. The lowest BCUT2D eigenvalue weighted by atomic mass is 10.1. The number of aromatic nitrogens is 4. The monoisotopic (exact) mass is 619 g/mol. The molecule has 0 bridgehead atoms. The quantitative estimate of drug-likeness (QED) is 0.291. The average Bonchev–Trinajstić information content (AvgIpc) is 3.39. The summed E-state index contributed by atoms with van der Waals surface area (Å²) in [7, 11) is 3.10. The molecule has 3 aromatic rings. The van der Waals surface area contributed by atoms with E-state index >= 15 is 4.39 Å². The Kier molecular flexibility index (Phi) is 8.51. The predicted octanol–water partition coefficient (Wildman–Crippen LogP) is 3.43. The van der Waals surface area contributed by atoms with Gasteiger partial charge >= 0.3 is 12.2 Å². The van der Waals surface area contributed by atoms with Gasteiger partial charge < -0.3 is 24.2 Å². The number of para-hydroxylation sites is 1. The lowest BCUT2D eigenvalue weighted by Crippen LogP contribution is -2.58. The number of rotatable bonds is 7. The van der Waals surface area contributed by atoms with E-state index in [2.05, 4.69) is 26.4 Å². The minimum atomic E-state index is -5.19. The van der Waals surface area contributed by atoms with Crippen molar-refractivity contribution in [1.29, 1.82) is 0 Å². The third kappa shape index (κ3) is 5.67. The van der Waals surface area contributed by atoms with E-state index in [1.807, 2.05) is 7.05 Å². The molecule has 3 atom stereocenters. The molecule has 0 N–H and O–H groups in total. The molecule has 5 rings (SSSR count). The molecule has 0 radical (unpaired) electrons. The highest BCUT2D eigenvalue weighted by molar-refractivity contribution is 5.88. The van der Waals surface area contributed by atoms with Crippen molar-refractivity contribution in [2.75, 3.05) is 45.3 Å². The summed E-state index contributed by atoms with van der Waals surface area (Å²) in [5, 5.41) is 0. The van der Waals surface area contributed by atoms with Crippen LogP contribution in [0.2, 0.25) is 0 Å². The SMILES string of the molecule is C=CC(=O)N1C[C@H](C)N(c2nc(OC[C@@H]3CCCN3C)nc3c(=O)n(-c4c(F)cccc4OC)c(C(F)(F)F)nc23)[C@@H](C)C1. The normalized spacial score (nSPS) is 21.1. The van der Waals surface area contributed by atoms with E-state index in [1.54, 1.807) is 23.6 Å². The van der Waals surface area contributed by atoms with Crippen molar-refractivity contribution in [2.45, 2.75) is 51.0 Å². The Hall–Kier alpha value is -4.27. The van der Waals surface area contributed by atoms with Crippen LogP contribution in [0.15, 0.2) is 35.6 Å². The molecule has 2 fully saturated rings. The zero-order valence-electron chi connectivity index (χ0n) is 24.8. The van der Waals surface area contributed by atoms with Crippen LogP contribution < -0.4 is 19.9 Å². The summed E-state index contributed by atoms with van der Waals surface area (Å²) in [5.41, 5.74) is -2.96. The summed E-state index contributed by atoms with van der Waals surface area (Å²) in [5.74, 6) is -3.46. The molecule has 2 saturated heterocycles. The van der Waals surface area contributed by atoms with Crippen molar-refractivity contribution in [3.8, 4) is 17.4 Å². The molecule has 4 heterocycles. The number of hydrogen-bond donors (Lipinski definition) is 0. The van der Waals surface area contributed by atoms with Crippen molar-refractivity contribution < 1.29 is 31.8 Å². The number of methoxy groups -OCH3 is 1. The fraction of sp³-hybridized carbons (Fsp3) is 0.483. The van der Waals surface area contributed by atoms with Crippen LogP contribution in [-0.4, -0.2) is 93.8 Å². The highest BCUT2D eigenvalue weighted by atomic mass is 19.4. The Bertz CT molecular complexity index is 1630. The Morgan fingerprint density at radius 1 is 1.14 bits per heavy atom. The van der Waals surface area contributed by atoms with Gasteiger partial charge in [-0.2, -0.15) is 23.1 Å². The molecular formula is C29H33F4N7O4. The van der Waals surface area contributed by atoms with Gasteiger partial charge in [0.05, 0.1) is 7.11 Å². The molecule has 2 aliphatic heterocycles. The summed E-state index contributed by atoms with van der Waals surface area (Å²) in [6.45, 7) is 8.55. The fourth-order valence-corrected chi connectivity index (χ4v) is 5.96. The number of piperazine rings is 1. The van der Waals surface area contributed by atoms with Gasteiger partial charge in [-0.3, -0.25) is 9.59 Å². The zero-order valence-corrected chi connectivity index (χ0v) is 24.8. The minimum absolute atomic E-state index is 0.0501. The molecule has 0 aliphatic carbocycles. The molecule has 2 aromatic heterocycles. The molecule has 1 aromatic carbocycles. The molecule has 0 unspecified atom stereocenters. The van der Waals surface area contributed by atoms with E-state index in [0.717, 1.165) is 32.6 Å². The van der Waals surface area contributed by atoms with E-state index in [1.165, 1.54) is 18.2 Å². The number of fused-ring (bicyclic) bond motifs is 1. The first kappa shape index (κ1) is 31.2. The van der Waals surface area contributed by atoms with Crippen LogP contribution in [0, 0.1) is 5.82 Å². The van der Waals surface area contributed by atoms with Gasteiger partial charge in [-0.1, -0.05) is 12.6 Å². The number of likely N-dealkylation sites (tertiary alicyclic amines) is 1. The van der Waals surface area contributed by atoms with Gasteiger partial charge in [-0.15, -0.1) is 0 Å². The van der Waals surface area contributed by atoms with Gasteiger partial charge in [0.25, 0.3) is 5.56 Å². The first-order chi connectivity index (χ1) is 20.8. The second-order valence-electron chi connectivity index (χ2n) is 11.0. The van der Waals surface area contributed by atoms with E-state index in [-0.39, 0.29) is 53.8 Å². The number of likely N-dealkylation sites (N-methyl/N-ethyl adjacent to an activating group) is 1. The molecule has 0 saturated carbocycles. The largest absolute Gasteiger partial charge is 0.494 e. The Morgan fingerprint density at radius 2 is 1.84 bits per heavy atom. The highest BCUT2D eigenvalue weighted by Gasteiger charge is 2.41. The first-order valence-corrected chi connectivity index (χ1v) is 14.1. The maximum absolute atomic E-state index is 15.1. The number of benzene rings is 1. The van der Waals surface area contributed by atoms with Gasteiger partial charge in [-0.05, 0) is 58.5 Å². The van der Waals surface area contributed by atoms with Gasteiger partial charge in [0, 0.05) is 31.2 Å². The van der Waals surface area contributed by atoms with Gasteiger partial charge in [0.1, 0.15) is 23.6 Å². The van der Waals surface area contributed by atoms with E-state index < -0.39 is 52.2 Å². The maximum atomic E-state index is 15.1. The summed E-state index contributed by atoms with van der Waals surface area (Å²) < 4.78 is 70.2. The lowest BCUT2D eigenvalue weighted by molar-refractivity contribution is -0.146. The molecule has 11 nitrogen and oxygen atoms in total. The highest BCUT2D eigenvalue weighted by Crippen LogP contribution is 2.36. The van der Waals surface area contributed by atoms with Crippen molar-refractivity contribution in [3.05, 3.63) is 52.8 Å². The second kappa shape index (κ2) is 12.0. The van der Waals surface area contributed by atoms with Crippen LogP contribution in [-0.2, 0) is 11.0 Å². The molecular weight excluding hydrogens is 586 g/mol. The summed E-state index contributed by atoms with van der Waals surface area (Å²) in [6.07, 6.45) is -2.17. The van der Waals surface area contributed by atoms with Crippen molar-refractivity contribution in [1.82, 2.24) is 29.3 Å². The average molecular weight is 620 g/mol. The van der Waals surface area contributed by atoms with Crippen molar-refractivity contribution in [3.63, 3.8) is 0 Å². The minimum Gasteiger partial charge on any atom is -0.494 e. The number of hydrogen-bond acceptors (Lipinski definition) is 9. The predicted molar refractivity (Wildman–Crippen MR) is 154 cm³/mol. The Labute approximate surface area is 250 Å². The maximum Gasteiger partial charge on any atom is 0.450 e. The van der Waals surface area contributed by atoms with Crippen LogP contribution in [0.25, 0.3) is 16.7 Å². The number of ether oxygens (including phenoxy) is 2. The molecule has 1 amide bonds. The number of nitrogens with zero attached hydrogens (tertiary/aromatic N) is 7.